The van der Waals surface area contributed by atoms with E-state index in [1.165, 1.54) is 11.4 Å². The molecule has 0 bridgehead atoms. The molecular formula is C20H26N2O6S. The molecule has 2 rings (SSSR count). The lowest BCUT2D eigenvalue weighted by Gasteiger charge is -2.19. The van der Waals surface area contributed by atoms with E-state index in [-0.39, 0.29) is 12.5 Å². The lowest BCUT2D eigenvalue weighted by molar-refractivity contribution is -0.132. The Hall–Kier alpha value is -2.94. The van der Waals surface area contributed by atoms with Crippen LogP contribution in [0.25, 0.3) is 0 Å². The highest BCUT2D eigenvalue weighted by atomic mass is 32.2. The van der Waals surface area contributed by atoms with Gasteiger partial charge in [0, 0.05) is 20.6 Å². The predicted molar refractivity (Wildman–Crippen MR) is 111 cm³/mol. The van der Waals surface area contributed by atoms with E-state index in [0.29, 0.717) is 29.5 Å². The normalized spacial score (nSPS) is 10.9. The minimum atomic E-state index is -3.33. The Morgan fingerprint density at radius 1 is 0.966 bits per heavy atom. The van der Waals surface area contributed by atoms with Gasteiger partial charge in [0.15, 0.2) is 18.1 Å². The first-order valence-corrected chi connectivity index (χ1v) is 10.6. The van der Waals surface area contributed by atoms with Gasteiger partial charge >= 0.3 is 0 Å². The smallest absolute Gasteiger partial charge is 0.260 e. The number of nitrogens with zero attached hydrogens (tertiary/aromatic N) is 2. The summed E-state index contributed by atoms with van der Waals surface area (Å²) in [6.45, 7) is 0.256. The summed E-state index contributed by atoms with van der Waals surface area (Å²) in [7, 11) is 2.95. The van der Waals surface area contributed by atoms with Gasteiger partial charge in [-0.3, -0.25) is 9.10 Å². The number of rotatable bonds is 9. The van der Waals surface area contributed by atoms with Crippen molar-refractivity contribution in [2.75, 3.05) is 45.5 Å². The fourth-order valence-corrected chi connectivity index (χ4v) is 3.04. The summed E-state index contributed by atoms with van der Waals surface area (Å²) in [5, 5.41) is 0. The van der Waals surface area contributed by atoms with Gasteiger partial charge in [0.1, 0.15) is 5.75 Å². The molecule has 1 amide bonds. The summed E-state index contributed by atoms with van der Waals surface area (Å²) in [5.74, 6) is 1.50. The SMILES string of the molecule is COc1ccc(CN(C)C(=O)COc2ccc(N(C)S(C)(=O)=O)cc2)cc1OC. The number of hydrogen-bond donors (Lipinski definition) is 0. The summed E-state index contributed by atoms with van der Waals surface area (Å²) < 4.78 is 40.3. The molecule has 0 N–H and O–H groups in total. The van der Waals surface area contributed by atoms with Gasteiger partial charge in [-0.2, -0.15) is 0 Å². The molecule has 0 aliphatic carbocycles. The van der Waals surface area contributed by atoms with Crippen LogP contribution >= 0.6 is 0 Å². The Balaban J connectivity index is 1.93. The fourth-order valence-electron chi connectivity index (χ4n) is 2.54. The van der Waals surface area contributed by atoms with Crippen LogP contribution in [0.3, 0.4) is 0 Å². The number of amides is 1. The average Bonchev–Trinajstić information content (AvgIpc) is 2.70. The fraction of sp³-hybridized carbons (Fsp3) is 0.350. The van der Waals surface area contributed by atoms with Gasteiger partial charge in [0.05, 0.1) is 26.2 Å². The van der Waals surface area contributed by atoms with Crippen LogP contribution < -0.4 is 18.5 Å². The Kier molecular flexibility index (Phi) is 7.33. The molecule has 0 fully saturated rings. The van der Waals surface area contributed by atoms with Crippen LogP contribution in [-0.2, 0) is 21.4 Å². The van der Waals surface area contributed by atoms with Crippen LogP contribution in [0.4, 0.5) is 5.69 Å². The number of benzene rings is 2. The first kappa shape index (κ1) is 22.4. The van der Waals surface area contributed by atoms with Crippen molar-refractivity contribution in [3.63, 3.8) is 0 Å². The van der Waals surface area contributed by atoms with E-state index in [4.69, 9.17) is 14.2 Å². The molecule has 0 saturated carbocycles. The first-order valence-electron chi connectivity index (χ1n) is 8.77. The zero-order valence-electron chi connectivity index (χ0n) is 17.2. The van der Waals surface area contributed by atoms with Gasteiger partial charge in [-0.25, -0.2) is 8.42 Å². The minimum Gasteiger partial charge on any atom is -0.493 e. The molecule has 0 saturated heterocycles. The van der Waals surface area contributed by atoms with Gasteiger partial charge in [-0.1, -0.05) is 6.07 Å². The van der Waals surface area contributed by atoms with E-state index < -0.39 is 10.0 Å². The molecule has 29 heavy (non-hydrogen) atoms. The standard InChI is InChI=1S/C20H26N2O6S/c1-21(13-15-6-11-18(26-3)19(12-15)27-4)20(23)14-28-17-9-7-16(8-10-17)22(2)29(5,24)25/h6-12H,13-14H2,1-5H3. The van der Waals surface area contributed by atoms with Crippen LogP contribution in [0.2, 0.25) is 0 Å². The van der Waals surface area contributed by atoms with Crippen LogP contribution in [0.15, 0.2) is 42.5 Å². The van der Waals surface area contributed by atoms with Crippen molar-refractivity contribution < 1.29 is 27.4 Å². The highest BCUT2D eigenvalue weighted by molar-refractivity contribution is 7.92. The van der Waals surface area contributed by atoms with Crippen molar-refractivity contribution in [3.05, 3.63) is 48.0 Å². The van der Waals surface area contributed by atoms with Crippen molar-refractivity contribution in [3.8, 4) is 17.2 Å². The highest BCUT2D eigenvalue weighted by Gasteiger charge is 2.14. The Morgan fingerprint density at radius 3 is 2.14 bits per heavy atom. The zero-order valence-corrected chi connectivity index (χ0v) is 18.0. The molecular weight excluding hydrogens is 396 g/mol. The topological polar surface area (TPSA) is 85.4 Å². The zero-order chi connectivity index (χ0) is 21.6. The monoisotopic (exact) mass is 422 g/mol. The maximum absolute atomic E-state index is 12.4. The summed E-state index contributed by atoms with van der Waals surface area (Å²) in [6, 6.07) is 12.0. The summed E-state index contributed by atoms with van der Waals surface area (Å²) in [5.41, 5.74) is 1.41. The van der Waals surface area contributed by atoms with Crippen molar-refractivity contribution >= 4 is 21.6 Å². The Morgan fingerprint density at radius 2 is 1.59 bits per heavy atom. The van der Waals surface area contributed by atoms with E-state index >= 15 is 0 Å². The Labute approximate surface area is 171 Å². The van der Waals surface area contributed by atoms with E-state index in [1.54, 1.807) is 56.5 Å². The number of ether oxygens (including phenoxy) is 3. The largest absolute Gasteiger partial charge is 0.493 e. The summed E-state index contributed by atoms with van der Waals surface area (Å²) >= 11 is 0. The minimum absolute atomic E-state index is 0.134. The number of carbonyl (C=O) groups excluding carboxylic acids is 1. The summed E-state index contributed by atoms with van der Waals surface area (Å²) in [4.78, 5) is 13.9. The maximum atomic E-state index is 12.4. The lowest BCUT2D eigenvalue weighted by atomic mass is 10.2. The number of carbonyl (C=O) groups is 1. The molecule has 0 aromatic heterocycles. The molecule has 0 spiro atoms. The number of anilines is 1. The van der Waals surface area contributed by atoms with Crippen molar-refractivity contribution in [1.82, 2.24) is 4.90 Å². The van der Waals surface area contributed by atoms with Crippen molar-refractivity contribution in [2.45, 2.75) is 6.54 Å². The third kappa shape index (κ3) is 6.02. The first-order chi connectivity index (χ1) is 13.7. The quantitative estimate of drug-likeness (QED) is 0.616. The molecule has 158 valence electrons. The second kappa shape index (κ2) is 9.51. The number of sulfonamides is 1. The van der Waals surface area contributed by atoms with Gasteiger partial charge in [-0.05, 0) is 42.0 Å². The third-order valence-corrected chi connectivity index (χ3v) is 5.56. The van der Waals surface area contributed by atoms with E-state index in [0.717, 1.165) is 11.8 Å². The molecule has 0 aliphatic rings. The molecule has 0 radical (unpaired) electrons. The number of methoxy groups -OCH3 is 2. The molecule has 2 aromatic carbocycles. The van der Waals surface area contributed by atoms with Gasteiger partial charge in [0.2, 0.25) is 10.0 Å². The molecule has 0 aliphatic heterocycles. The predicted octanol–water partition coefficient (Wildman–Crippen LogP) is 2.14. The Bertz CT molecular complexity index is 944. The molecule has 8 nitrogen and oxygen atoms in total. The summed E-state index contributed by atoms with van der Waals surface area (Å²) in [6.07, 6.45) is 1.13. The van der Waals surface area contributed by atoms with Crippen molar-refractivity contribution in [2.24, 2.45) is 0 Å². The van der Waals surface area contributed by atoms with Crippen LogP contribution in [0.5, 0.6) is 17.2 Å². The second-order valence-electron chi connectivity index (χ2n) is 6.45. The van der Waals surface area contributed by atoms with Gasteiger partial charge in [-0.15, -0.1) is 0 Å². The molecule has 0 heterocycles. The molecule has 0 atom stereocenters. The van der Waals surface area contributed by atoms with Crippen molar-refractivity contribution in [1.29, 1.82) is 0 Å². The molecule has 9 heteroatoms. The van der Waals surface area contributed by atoms with E-state index in [1.807, 2.05) is 12.1 Å². The average molecular weight is 423 g/mol. The highest BCUT2D eigenvalue weighted by Crippen LogP contribution is 2.28. The maximum Gasteiger partial charge on any atom is 0.260 e. The second-order valence-corrected chi connectivity index (χ2v) is 8.47. The lowest BCUT2D eigenvalue weighted by Crippen LogP contribution is -2.31. The van der Waals surface area contributed by atoms with Crippen LogP contribution in [0, 0.1) is 0 Å². The van der Waals surface area contributed by atoms with Crippen LogP contribution in [-0.4, -0.2) is 60.4 Å². The van der Waals surface area contributed by atoms with E-state index in [9.17, 15) is 13.2 Å². The van der Waals surface area contributed by atoms with Gasteiger partial charge in [0.25, 0.3) is 5.91 Å². The van der Waals surface area contributed by atoms with Gasteiger partial charge < -0.3 is 19.1 Å². The van der Waals surface area contributed by atoms with Crippen LogP contribution in [0.1, 0.15) is 5.56 Å². The van der Waals surface area contributed by atoms with E-state index in [2.05, 4.69) is 0 Å². The number of likely N-dealkylation sites (N-methyl/N-ethyl adjacent to an activating group) is 1. The molecule has 2 aromatic rings. The third-order valence-electron chi connectivity index (χ3n) is 4.35. The molecule has 0 unspecified atom stereocenters. The number of hydrogen-bond acceptors (Lipinski definition) is 6.